The normalized spacial score (nSPS) is 18.3. The Morgan fingerprint density at radius 1 is 1.06 bits per heavy atom. The van der Waals surface area contributed by atoms with E-state index in [1.165, 1.54) is 35.7 Å². The lowest BCUT2D eigenvalue weighted by Crippen LogP contribution is -2.45. The fourth-order valence-electron chi connectivity index (χ4n) is 6.03. The van der Waals surface area contributed by atoms with E-state index in [2.05, 4.69) is 40.6 Å². The van der Waals surface area contributed by atoms with E-state index in [0.717, 1.165) is 32.1 Å². The van der Waals surface area contributed by atoms with Gasteiger partial charge in [-0.1, -0.05) is 31.0 Å². The number of hydrogen-bond acceptors (Lipinski definition) is 9. The summed E-state index contributed by atoms with van der Waals surface area (Å²) in [5.41, 5.74) is 0.0483. The number of likely N-dealkylation sites (tertiary alicyclic amines) is 1. The third kappa shape index (κ3) is 9.72. The molecule has 2 fully saturated rings. The SMILES string of the molecule is CC1(CCOc2ccn(-c3ccc(C(=O)NS(=O)(=O)c4cccc(CCCCC5CN(C(=O)OC(C)(C)C)C(C)(C)C5)n4)c(Cl)n3)n2)CC1. The fourth-order valence-corrected chi connectivity index (χ4v) is 7.22. The van der Waals surface area contributed by atoms with Crippen LogP contribution < -0.4 is 9.46 Å². The van der Waals surface area contributed by atoms with Gasteiger partial charge < -0.3 is 14.4 Å². The molecule has 0 spiro atoms. The van der Waals surface area contributed by atoms with Gasteiger partial charge in [0.2, 0.25) is 5.88 Å². The van der Waals surface area contributed by atoms with Crippen LogP contribution in [0.3, 0.4) is 0 Å². The largest absolute Gasteiger partial charge is 0.477 e. The van der Waals surface area contributed by atoms with E-state index in [9.17, 15) is 18.0 Å². The monoisotopic (exact) mass is 714 g/mol. The number of amides is 2. The predicted octanol–water partition coefficient (Wildman–Crippen LogP) is 6.75. The molecule has 2 aliphatic rings. The van der Waals surface area contributed by atoms with Crippen LogP contribution in [0.4, 0.5) is 4.79 Å². The van der Waals surface area contributed by atoms with Gasteiger partial charge in [-0.15, -0.1) is 5.10 Å². The molecule has 3 aromatic heterocycles. The first kappa shape index (κ1) is 36.6. The van der Waals surface area contributed by atoms with E-state index in [-0.39, 0.29) is 27.4 Å². The average molecular weight is 715 g/mol. The molecule has 1 saturated heterocycles. The number of halogens is 1. The summed E-state index contributed by atoms with van der Waals surface area (Å²) >= 11 is 6.32. The zero-order valence-corrected chi connectivity index (χ0v) is 30.7. The number of carbonyl (C=O) groups excluding carboxylic acids is 2. The Balaban J connectivity index is 1.12. The van der Waals surface area contributed by atoms with Gasteiger partial charge >= 0.3 is 6.09 Å². The van der Waals surface area contributed by atoms with Crippen molar-refractivity contribution < 1.29 is 27.5 Å². The number of pyridine rings is 2. The molecule has 266 valence electrons. The zero-order valence-electron chi connectivity index (χ0n) is 29.2. The number of aromatic nitrogens is 4. The maximum atomic E-state index is 13.1. The van der Waals surface area contributed by atoms with Crippen molar-refractivity contribution in [2.75, 3.05) is 13.2 Å². The molecule has 2 amide bonds. The number of carbonyl (C=O) groups is 2. The third-order valence-electron chi connectivity index (χ3n) is 9.09. The number of nitrogens with zero attached hydrogens (tertiary/aromatic N) is 5. The Hall–Kier alpha value is -3.71. The lowest BCUT2D eigenvalue weighted by atomic mass is 9.92. The first-order valence-electron chi connectivity index (χ1n) is 16.8. The van der Waals surface area contributed by atoms with E-state index in [0.29, 0.717) is 48.3 Å². The molecule has 0 radical (unpaired) electrons. The van der Waals surface area contributed by atoms with Crippen molar-refractivity contribution in [1.82, 2.24) is 29.4 Å². The smallest absolute Gasteiger partial charge is 0.410 e. The van der Waals surface area contributed by atoms with E-state index < -0.39 is 21.5 Å². The number of hydrogen-bond donors (Lipinski definition) is 1. The minimum atomic E-state index is -4.29. The standard InChI is InChI=1S/C35H47ClN6O6S/c1-33(2,3)48-32(44)41-23-24(22-34(41,4)5)10-7-8-11-25-12-9-13-29(37-25)49(45,46)40-31(43)26-14-15-27(38-30(26)36)42-20-16-28(39-42)47-21-19-35(6)17-18-35/h9,12-16,20,24H,7-8,10-11,17-19,21-23H2,1-6H3,(H,40,43). The molecule has 14 heteroatoms. The van der Waals surface area contributed by atoms with Gasteiger partial charge in [-0.3, -0.25) is 4.79 Å². The summed E-state index contributed by atoms with van der Waals surface area (Å²) < 4.78 is 41.2. The Bertz CT molecular complexity index is 1780. The van der Waals surface area contributed by atoms with Crippen LogP contribution in [-0.4, -0.2) is 69.4 Å². The van der Waals surface area contributed by atoms with Crippen LogP contribution in [0.2, 0.25) is 5.15 Å². The second-order valence-electron chi connectivity index (χ2n) is 15.1. The number of rotatable bonds is 13. The number of nitrogens with one attached hydrogen (secondary N) is 1. The molecule has 5 rings (SSSR count). The van der Waals surface area contributed by atoms with Gasteiger partial charge in [0.1, 0.15) is 10.8 Å². The molecule has 1 unspecified atom stereocenters. The molecule has 0 bridgehead atoms. The predicted molar refractivity (Wildman–Crippen MR) is 185 cm³/mol. The van der Waals surface area contributed by atoms with Gasteiger partial charge in [0.15, 0.2) is 10.8 Å². The van der Waals surface area contributed by atoms with Crippen molar-refractivity contribution in [1.29, 1.82) is 0 Å². The molecule has 1 N–H and O–H groups in total. The van der Waals surface area contributed by atoms with Crippen LogP contribution in [-0.2, 0) is 21.2 Å². The Morgan fingerprint density at radius 2 is 1.82 bits per heavy atom. The summed E-state index contributed by atoms with van der Waals surface area (Å²) in [7, 11) is -4.29. The van der Waals surface area contributed by atoms with Crippen LogP contribution in [0.15, 0.2) is 47.6 Å². The molecule has 1 saturated carbocycles. The van der Waals surface area contributed by atoms with Crippen molar-refractivity contribution in [3.8, 4) is 11.7 Å². The van der Waals surface area contributed by atoms with Gasteiger partial charge in [0.05, 0.1) is 12.2 Å². The second kappa shape index (κ2) is 14.3. The van der Waals surface area contributed by atoms with Crippen LogP contribution in [0, 0.1) is 11.3 Å². The molecule has 3 aromatic rings. The third-order valence-corrected chi connectivity index (χ3v) is 10.6. The number of sulfonamides is 1. The summed E-state index contributed by atoms with van der Waals surface area (Å²) in [4.78, 5) is 36.1. The van der Waals surface area contributed by atoms with Crippen LogP contribution in [0.1, 0.15) is 103 Å². The van der Waals surface area contributed by atoms with E-state index in [1.54, 1.807) is 24.4 Å². The van der Waals surface area contributed by atoms with Crippen LogP contribution >= 0.6 is 11.6 Å². The van der Waals surface area contributed by atoms with E-state index in [4.69, 9.17) is 21.1 Å². The maximum absolute atomic E-state index is 13.1. The molecule has 1 aliphatic carbocycles. The summed E-state index contributed by atoms with van der Waals surface area (Å²) in [6, 6.07) is 9.36. The van der Waals surface area contributed by atoms with Crippen molar-refractivity contribution >= 4 is 33.6 Å². The molecule has 49 heavy (non-hydrogen) atoms. The van der Waals surface area contributed by atoms with Gasteiger partial charge in [-0.2, -0.15) is 8.42 Å². The topological polar surface area (TPSA) is 146 Å². The van der Waals surface area contributed by atoms with Crippen molar-refractivity contribution in [2.24, 2.45) is 11.3 Å². The fraction of sp³-hybridized carbons (Fsp3) is 0.571. The summed E-state index contributed by atoms with van der Waals surface area (Å²) in [5.74, 6) is 0.229. The van der Waals surface area contributed by atoms with Gasteiger partial charge in [0.25, 0.3) is 15.9 Å². The molecule has 0 aromatic carbocycles. The van der Waals surface area contributed by atoms with Crippen molar-refractivity contribution in [3.05, 3.63) is 59.0 Å². The van der Waals surface area contributed by atoms with E-state index >= 15 is 0 Å². The highest BCUT2D eigenvalue weighted by atomic mass is 35.5. The molecule has 12 nitrogen and oxygen atoms in total. The Kier molecular flexibility index (Phi) is 10.6. The first-order chi connectivity index (χ1) is 22.9. The summed E-state index contributed by atoms with van der Waals surface area (Å²) in [6.07, 6.45) is 8.87. The summed E-state index contributed by atoms with van der Waals surface area (Å²) in [6.45, 7) is 13.2. The molecule has 1 atom stereocenters. The highest BCUT2D eigenvalue weighted by molar-refractivity contribution is 7.90. The zero-order chi connectivity index (χ0) is 35.6. The minimum Gasteiger partial charge on any atom is -0.477 e. The van der Waals surface area contributed by atoms with Crippen LogP contribution in [0.25, 0.3) is 5.82 Å². The second-order valence-corrected chi connectivity index (χ2v) is 17.1. The van der Waals surface area contributed by atoms with E-state index in [1.807, 2.05) is 25.7 Å². The summed E-state index contributed by atoms with van der Waals surface area (Å²) in [5, 5.41) is 3.93. The molecular weight excluding hydrogens is 668 g/mol. The van der Waals surface area contributed by atoms with Gasteiger partial charge in [-0.25, -0.2) is 24.2 Å². The highest BCUT2D eigenvalue weighted by Crippen LogP contribution is 2.48. The molecule has 1 aliphatic heterocycles. The molecular formula is C35H47ClN6O6S. The Morgan fingerprint density at radius 3 is 2.51 bits per heavy atom. The molecule has 4 heterocycles. The van der Waals surface area contributed by atoms with Crippen molar-refractivity contribution in [3.63, 3.8) is 0 Å². The lowest BCUT2D eigenvalue weighted by molar-refractivity contribution is 0.0130. The van der Waals surface area contributed by atoms with Crippen molar-refractivity contribution in [2.45, 2.75) is 109 Å². The number of aryl methyl sites for hydroxylation is 1. The highest BCUT2D eigenvalue weighted by Gasteiger charge is 2.42. The lowest BCUT2D eigenvalue weighted by Gasteiger charge is -2.33. The van der Waals surface area contributed by atoms with Crippen LogP contribution in [0.5, 0.6) is 5.88 Å². The van der Waals surface area contributed by atoms with Gasteiger partial charge in [-0.05, 0) is 115 Å². The van der Waals surface area contributed by atoms with Gasteiger partial charge in [0, 0.05) is 30.0 Å². The number of unbranched alkanes of at least 4 members (excludes halogenated alkanes) is 1. The average Bonchev–Trinajstić information content (AvgIpc) is 3.40. The first-order valence-corrected chi connectivity index (χ1v) is 18.7. The quantitative estimate of drug-likeness (QED) is 0.150. The minimum absolute atomic E-state index is 0.105. The Labute approximate surface area is 294 Å². The number of ether oxygens (including phenoxy) is 2. The maximum Gasteiger partial charge on any atom is 0.410 e.